The lowest BCUT2D eigenvalue weighted by atomic mass is 10.1. The zero-order chi connectivity index (χ0) is 15.8. The fraction of sp³-hybridized carbons (Fsp3) is 0.600. The van der Waals surface area contributed by atoms with Gasteiger partial charge in [-0.05, 0) is 44.9 Å². The van der Waals surface area contributed by atoms with Crippen LogP contribution in [0.2, 0.25) is 0 Å². The zero-order valence-electron chi connectivity index (χ0n) is 13.3. The number of aryl methyl sites for hydroxylation is 2. The molecule has 1 N–H and O–H groups in total. The molecule has 2 atom stereocenters. The minimum Gasteiger partial charge on any atom is -0.495 e. The van der Waals surface area contributed by atoms with Crippen LogP contribution in [0, 0.1) is 13.8 Å². The van der Waals surface area contributed by atoms with Crippen LogP contribution in [0.1, 0.15) is 25.0 Å². The molecular formula is C15H24N2O3S. The molecule has 0 spiro atoms. The topological polar surface area (TPSA) is 58.6 Å². The van der Waals surface area contributed by atoms with Gasteiger partial charge < -0.3 is 10.1 Å². The minimum absolute atomic E-state index is 0.0887. The summed E-state index contributed by atoms with van der Waals surface area (Å²) < 4.78 is 33.0. The number of nitrogens with zero attached hydrogens (tertiary/aromatic N) is 1. The van der Waals surface area contributed by atoms with Crippen molar-refractivity contribution >= 4 is 10.0 Å². The van der Waals surface area contributed by atoms with Gasteiger partial charge in [0.15, 0.2) is 0 Å². The summed E-state index contributed by atoms with van der Waals surface area (Å²) in [7, 11) is -2.06. The third-order valence-electron chi connectivity index (χ3n) is 4.15. The molecule has 1 aliphatic rings. The summed E-state index contributed by atoms with van der Waals surface area (Å²) in [5.74, 6) is 0.422. The van der Waals surface area contributed by atoms with Crippen LogP contribution in [0.3, 0.4) is 0 Å². The molecule has 0 bridgehead atoms. The molecule has 1 aromatic rings. The second kappa shape index (κ2) is 5.94. The number of methoxy groups -OCH3 is 1. The number of hydrogen-bond acceptors (Lipinski definition) is 4. The molecule has 1 fully saturated rings. The van der Waals surface area contributed by atoms with Gasteiger partial charge in [0, 0.05) is 25.2 Å². The van der Waals surface area contributed by atoms with Gasteiger partial charge in [-0.1, -0.05) is 6.07 Å². The Balaban J connectivity index is 2.54. The summed E-state index contributed by atoms with van der Waals surface area (Å²) in [5.41, 5.74) is 1.72. The van der Waals surface area contributed by atoms with Crippen LogP contribution >= 0.6 is 0 Å². The highest BCUT2D eigenvalue weighted by Gasteiger charge is 2.36. The van der Waals surface area contributed by atoms with E-state index in [1.807, 2.05) is 33.8 Å². The quantitative estimate of drug-likeness (QED) is 0.922. The molecule has 1 aliphatic heterocycles. The Bertz CT molecular complexity index is 628. The van der Waals surface area contributed by atoms with Crippen LogP contribution < -0.4 is 10.1 Å². The summed E-state index contributed by atoms with van der Waals surface area (Å²) in [6, 6.07) is 3.70. The maximum atomic E-state index is 13.1. The van der Waals surface area contributed by atoms with Crippen LogP contribution in [0.4, 0.5) is 0 Å². The van der Waals surface area contributed by atoms with Crippen molar-refractivity contribution in [2.24, 2.45) is 0 Å². The fourth-order valence-corrected chi connectivity index (χ4v) is 4.93. The van der Waals surface area contributed by atoms with Gasteiger partial charge in [-0.2, -0.15) is 4.31 Å². The molecule has 1 aromatic carbocycles. The highest BCUT2D eigenvalue weighted by Crippen LogP contribution is 2.32. The Hall–Kier alpha value is -1.11. The second-order valence-electron chi connectivity index (χ2n) is 5.71. The average molecular weight is 312 g/mol. The van der Waals surface area contributed by atoms with Gasteiger partial charge in [-0.3, -0.25) is 0 Å². The van der Waals surface area contributed by atoms with Crippen LogP contribution in [0.5, 0.6) is 5.75 Å². The van der Waals surface area contributed by atoms with Crippen LogP contribution in [0.25, 0.3) is 0 Å². The minimum atomic E-state index is -3.57. The molecule has 5 nitrogen and oxygen atoms in total. The molecule has 21 heavy (non-hydrogen) atoms. The van der Waals surface area contributed by atoms with E-state index in [2.05, 4.69) is 5.32 Å². The number of sulfonamides is 1. The number of hydrogen-bond donors (Lipinski definition) is 1. The summed E-state index contributed by atoms with van der Waals surface area (Å²) in [6.45, 7) is 8.83. The monoisotopic (exact) mass is 312 g/mol. The molecule has 6 heteroatoms. The van der Waals surface area contributed by atoms with Gasteiger partial charge in [0.25, 0.3) is 0 Å². The maximum absolute atomic E-state index is 13.1. The van der Waals surface area contributed by atoms with Crippen molar-refractivity contribution < 1.29 is 13.2 Å². The Labute approximate surface area is 127 Å². The highest BCUT2D eigenvalue weighted by atomic mass is 32.2. The van der Waals surface area contributed by atoms with Crippen molar-refractivity contribution in [3.8, 4) is 5.75 Å². The van der Waals surface area contributed by atoms with E-state index in [0.717, 1.165) is 11.1 Å². The Morgan fingerprint density at radius 3 is 2.57 bits per heavy atom. The molecule has 1 saturated heterocycles. The van der Waals surface area contributed by atoms with E-state index < -0.39 is 10.0 Å². The number of rotatable bonds is 3. The van der Waals surface area contributed by atoms with Crippen LogP contribution in [0.15, 0.2) is 17.0 Å². The van der Waals surface area contributed by atoms with Crippen molar-refractivity contribution in [2.45, 2.75) is 44.7 Å². The molecule has 0 aliphatic carbocycles. The molecule has 2 unspecified atom stereocenters. The summed E-state index contributed by atoms with van der Waals surface area (Å²) >= 11 is 0. The van der Waals surface area contributed by atoms with Crippen molar-refractivity contribution in [3.05, 3.63) is 23.3 Å². The van der Waals surface area contributed by atoms with Crippen molar-refractivity contribution in [1.29, 1.82) is 0 Å². The summed E-state index contributed by atoms with van der Waals surface area (Å²) in [5, 5.41) is 3.30. The van der Waals surface area contributed by atoms with Gasteiger partial charge in [0.2, 0.25) is 10.0 Å². The van der Waals surface area contributed by atoms with Crippen molar-refractivity contribution in [2.75, 3.05) is 20.2 Å². The Kier molecular flexibility index (Phi) is 4.60. The number of nitrogens with one attached hydrogen (secondary N) is 1. The molecule has 2 rings (SSSR count). The molecular weight excluding hydrogens is 288 g/mol. The first-order valence-electron chi connectivity index (χ1n) is 7.19. The van der Waals surface area contributed by atoms with Gasteiger partial charge in [0.05, 0.1) is 7.11 Å². The predicted octanol–water partition coefficient (Wildman–Crippen LogP) is 1.68. The normalized spacial score (nSPS) is 24.0. The Morgan fingerprint density at radius 2 is 1.95 bits per heavy atom. The smallest absolute Gasteiger partial charge is 0.247 e. The molecule has 0 amide bonds. The van der Waals surface area contributed by atoms with E-state index in [9.17, 15) is 8.42 Å². The van der Waals surface area contributed by atoms with E-state index >= 15 is 0 Å². The maximum Gasteiger partial charge on any atom is 0.247 e. The second-order valence-corrected chi connectivity index (χ2v) is 7.54. The average Bonchev–Trinajstić information content (AvgIpc) is 2.40. The highest BCUT2D eigenvalue weighted by molar-refractivity contribution is 7.89. The Morgan fingerprint density at radius 1 is 1.29 bits per heavy atom. The molecule has 0 aromatic heterocycles. The fourth-order valence-electron chi connectivity index (χ4n) is 2.88. The summed E-state index contributed by atoms with van der Waals surface area (Å²) in [6.07, 6.45) is 0. The van der Waals surface area contributed by atoms with Crippen LogP contribution in [-0.4, -0.2) is 45.0 Å². The predicted molar refractivity (Wildman–Crippen MR) is 83.3 cm³/mol. The van der Waals surface area contributed by atoms with Crippen molar-refractivity contribution in [3.63, 3.8) is 0 Å². The molecule has 118 valence electrons. The van der Waals surface area contributed by atoms with Gasteiger partial charge in [-0.25, -0.2) is 8.42 Å². The van der Waals surface area contributed by atoms with Gasteiger partial charge in [0.1, 0.15) is 10.6 Å². The molecule has 0 saturated carbocycles. The van der Waals surface area contributed by atoms with E-state index in [1.165, 1.54) is 7.11 Å². The lowest BCUT2D eigenvalue weighted by molar-refractivity contribution is 0.232. The third kappa shape index (κ3) is 2.93. The lowest BCUT2D eigenvalue weighted by Gasteiger charge is -2.38. The standard InChI is InChI=1S/C15H24N2O3S/c1-10-8-11(2)15(14(9-10)20-5)21(18,19)17-7-6-16-12(3)13(17)4/h8-9,12-13,16H,6-7H2,1-5H3. The van der Waals surface area contributed by atoms with E-state index in [-0.39, 0.29) is 17.0 Å². The first kappa shape index (κ1) is 16.3. The SMILES string of the molecule is COc1cc(C)cc(C)c1S(=O)(=O)N1CCNC(C)C1C. The van der Waals surface area contributed by atoms with Crippen LogP contribution in [-0.2, 0) is 10.0 Å². The first-order valence-corrected chi connectivity index (χ1v) is 8.63. The van der Waals surface area contributed by atoms with Gasteiger partial charge >= 0.3 is 0 Å². The number of benzene rings is 1. The summed E-state index contributed by atoms with van der Waals surface area (Å²) in [4.78, 5) is 0.288. The zero-order valence-corrected chi connectivity index (χ0v) is 14.1. The van der Waals surface area contributed by atoms with E-state index in [4.69, 9.17) is 4.74 Å². The van der Waals surface area contributed by atoms with Crippen molar-refractivity contribution in [1.82, 2.24) is 9.62 Å². The third-order valence-corrected chi connectivity index (χ3v) is 6.32. The van der Waals surface area contributed by atoms with E-state index in [0.29, 0.717) is 18.8 Å². The number of ether oxygens (including phenoxy) is 1. The molecule has 0 radical (unpaired) electrons. The number of piperazine rings is 1. The van der Waals surface area contributed by atoms with Gasteiger partial charge in [-0.15, -0.1) is 0 Å². The van der Waals surface area contributed by atoms with E-state index in [1.54, 1.807) is 10.4 Å². The first-order chi connectivity index (χ1) is 9.78. The molecule has 1 heterocycles. The largest absolute Gasteiger partial charge is 0.495 e. The lowest BCUT2D eigenvalue weighted by Crippen LogP contribution is -2.57.